The summed E-state index contributed by atoms with van der Waals surface area (Å²) in [5.74, 6) is 1.73. The van der Waals surface area contributed by atoms with Crippen LogP contribution in [0.3, 0.4) is 0 Å². The molecule has 2 rings (SSSR count). The molecule has 0 spiro atoms. The number of thiophene rings is 1. The summed E-state index contributed by atoms with van der Waals surface area (Å²) >= 11 is 1.60. The van der Waals surface area contributed by atoms with Gasteiger partial charge >= 0.3 is 0 Å². The van der Waals surface area contributed by atoms with Crippen molar-refractivity contribution in [2.45, 2.75) is 38.7 Å². The van der Waals surface area contributed by atoms with E-state index < -0.39 is 0 Å². The van der Waals surface area contributed by atoms with Crippen molar-refractivity contribution in [3.63, 3.8) is 0 Å². The van der Waals surface area contributed by atoms with E-state index in [1.54, 1.807) is 11.3 Å². The highest BCUT2D eigenvalue weighted by molar-refractivity contribution is 7.08. The largest absolute Gasteiger partial charge is 0.485 e. The lowest BCUT2D eigenvalue weighted by Gasteiger charge is -2.24. The smallest absolute Gasteiger partial charge is 0.172 e. The predicted octanol–water partition coefficient (Wildman–Crippen LogP) is 3.48. The molecule has 0 saturated heterocycles. The minimum Gasteiger partial charge on any atom is -0.485 e. The molecule has 0 amide bonds. The summed E-state index contributed by atoms with van der Waals surface area (Å²) in [7, 11) is 0. The zero-order chi connectivity index (χ0) is 11.9. The van der Waals surface area contributed by atoms with E-state index in [1.165, 1.54) is 19.3 Å². The SMILES string of the molecule is CCCCCCOCC1COc2cscc2O1. The van der Waals surface area contributed by atoms with Crippen LogP contribution in [0.25, 0.3) is 0 Å². The van der Waals surface area contributed by atoms with Crippen molar-refractivity contribution >= 4 is 11.3 Å². The molecule has 1 atom stereocenters. The Kier molecular flexibility index (Phi) is 5.13. The second-order valence-corrected chi connectivity index (χ2v) is 5.03. The third-order valence-corrected chi connectivity index (χ3v) is 3.46. The van der Waals surface area contributed by atoms with Gasteiger partial charge in [0, 0.05) is 17.4 Å². The van der Waals surface area contributed by atoms with Crippen molar-refractivity contribution in [3.8, 4) is 11.5 Å². The molecular weight excluding hydrogens is 236 g/mol. The lowest BCUT2D eigenvalue weighted by atomic mass is 10.2. The summed E-state index contributed by atoms with van der Waals surface area (Å²) in [6.07, 6.45) is 5.01. The Balaban J connectivity index is 1.59. The predicted molar refractivity (Wildman–Crippen MR) is 69.2 cm³/mol. The summed E-state index contributed by atoms with van der Waals surface area (Å²) in [4.78, 5) is 0. The van der Waals surface area contributed by atoms with Crippen LogP contribution in [-0.4, -0.2) is 25.9 Å². The minimum absolute atomic E-state index is 0.0447. The van der Waals surface area contributed by atoms with Crippen LogP contribution in [0.2, 0.25) is 0 Å². The van der Waals surface area contributed by atoms with Crippen molar-refractivity contribution in [2.75, 3.05) is 19.8 Å². The van der Waals surface area contributed by atoms with Gasteiger partial charge in [0.05, 0.1) is 6.61 Å². The second kappa shape index (κ2) is 6.87. The van der Waals surface area contributed by atoms with E-state index in [1.807, 2.05) is 10.8 Å². The molecule has 0 radical (unpaired) electrons. The van der Waals surface area contributed by atoms with Gasteiger partial charge in [-0.3, -0.25) is 0 Å². The van der Waals surface area contributed by atoms with Crippen molar-refractivity contribution in [1.82, 2.24) is 0 Å². The summed E-state index contributed by atoms with van der Waals surface area (Å²) in [6.45, 7) is 4.27. The Morgan fingerprint density at radius 2 is 2.18 bits per heavy atom. The van der Waals surface area contributed by atoms with Gasteiger partial charge in [-0.1, -0.05) is 26.2 Å². The molecule has 4 heteroatoms. The monoisotopic (exact) mass is 256 g/mol. The molecule has 1 aromatic heterocycles. The summed E-state index contributed by atoms with van der Waals surface area (Å²) < 4.78 is 16.9. The Morgan fingerprint density at radius 3 is 3.06 bits per heavy atom. The zero-order valence-corrected chi connectivity index (χ0v) is 11.1. The van der Waals surface area contributed by atoms with Gasteiger partial charge in [0.1, 0.15) is 6.61 Å². The molecule has 1 unspecified atom stereocenters. The normalized spacial score (nSPS) is 18.3. The molecule has 2 heterocycles. The van der Waals surface area contributed by atoms with E-state index in [0.717, 1.165) is 24.5 Å². The molecule has 3 nitrogen and oxygen atoms in total. The molecule has 0 N–H and O–H groups in total. The maximum atomic E-state index is 5.76. The van der Waals surface area contributed by atoms with E-state index in [-0.39, 0.29) is 6.10 Å². The zero-order valence-electron chi connectivity index (χ0n) is 10.3. The Morgan fingerprint density at radius 1 is 1.29 bits per heavy atom. The lowest BCUT2D eigenvalue weighted by Crippen LogP contribution is -2.33. The van der Waals surface area contributed by atoms with Crippen molar-refractivity contribution in [3.05, 3.63) is 10.8 Å². The van der Waals surface area contributed by atoms with Crippen LogP contribution < -0.4 is 9.47 Å². The number of unbranched alkanes of at least 4 members (excludes halogenated alkanes) is 3. The fourth-order valence-electron chi connectivity index (χ4n) is 1.79. The second-order valence-electron chi connectivity index (χ2n) is 4.29. The van der Waals surface area contributed by atoms with Crippen LogP contribution in [-0.2, 0) is 4.74 Å². The fourth-order valence-corrected chi connectivity index (χ4v) is 2.46. The topological polar surface area (TPSA) is 27.7 Å². The van der Waals surface area contributed by atoms with Gasteiger partial charge in [0.2, 0.25) is 0 Å². The van der Waals surface area contributed by atoms with Crippen LogP contribution in [0.5, 0.6) is 11.5 Å². The van der Waals surface area contributed by atoms with E-state index in [4.69, 9.17) is 14.2 Å². The quantitative estimate of drug-likeness (QED) is 0.699. The van der Waals surface area contributed by atoms with Gasteiger partial charge in [0.15, 0.2) is 17.6 Å². The number of hydrogen-bond acceptors (Lipinski definition) is 4. The van der Waals surface area contributed by atoms with Crippen molar-refractivity contribution in [2.24, 2.45) is 0 Å². The van der Waals surface area contributed by atoms with E-state index in [9.17, 15) is 0 Å². The first kappa shape index (κ1) is 12.7. The van der Waals surface area contributed by atoms with Gasteiger partial charge in [-0.05, 0) is 6.42 Å². The maximum absolute atomic E-state index is 5.76. The van der Waals surface area contributed by atoms with Gasteiger partial charge in [-0.25, -0.2) is 0 Å². The van der Waals surface area contributed by atoms with Crippen LogP contribution in [0, 0.1) is 0 Å². The third kappa shape index (κ3) is 3.89. The highest BCUT2D eigenvalue weighted by atomic mass is 32.1. The molecule has 0 aromatic carbocycles. The van der Waals surface area contributed by atoms with Crippen LogP contribution in [0.1, 0.15) is 32.6 Å². The van der Waals surface area contributed by atoms with E-state index >= 15 is 0 Å². The molecule has 17 heavy (non-hydrogen) atoms. The number of hydrogen-bond donors (Lipinski definition) is 0. The molecule has 0 bridgehead atoms. The molecule has 0 saturated carbocycles. The number of ether oxygens (including phenoxy) is 3. The molecule has 1 aliphatic heterocycles. The molecule has 96 valence electrons. The fraction of sp³-hybridized carbons (Fsp3) is 0.692. The summed E-state index contributed by atoms with van der Waals surface area (Å²) in [5.41, 5.74) is 0. The first-order chi connectivity index (χ1) is 8.40. The Labute approximate surface area is 107 Å². The number of rotatable bonds is 7. The average molecular weight is 256 g/mol. The van der Waals surface area contributed by atoms with Gasteiger partial charge < -0.3 is 14.2 Å². The molecule has 1 aromatic rings. The highest BCUT2D eigenvalue weighted by Crippen LogP contribution is 2.35. The highest BCUT2D eigenvalue weighted by Gasteiger charge is 2.21. The van der Waals surface area contributed by atoms with E-state index in [2.05, 4.69) is 6.92 Å². The van der Waals surface area contributed by atoms with Crippen molar-refractivity contribution in [1.29, 1.82) is 0 Å². The Bertz CT molecular complexity index is 324. The van der Waals surface area contributed by atoms with Crippen molar-refractivity contribution < 1.29 is 14.2 Å². The van der Waals surface area contributed by atoms with Crippen LogP contribution >= 0.6 is 11.3 Å². The third-order valence-electron chi connectivity index (χ3n) is 2.76. The molecule has 0 aliphatic carbocycles. The van der Waals surface area contributed by atoms with Gasteiger partial charge in [0.25, 0.3) is 0 Å². The first-order valence-electron chi connectivity index (χ1n) is 6.33. The summed E-state index contributed by atoms with van der Waals surface area (Å²) in [5, 5.41) is 3.94. The Hall–Kier alpha value is -0.740. The van der Waals surface area contributed by atoms with Gasteiger partial charge in [-0.2, -0.15) is 0 Å². The molecular formula is C13H20O3S. The number of fused-ring (bicyclic) bond motifs is 1. The first-order valence-corrected chi connectivity index (χ1v) is 7.28. The minimum atomic E-state index is 0.0447. The molecule has 0 fully saturated rings. The van der Waals surface area contributed by atoms with Crippen LogP contribution in [0.4, 0.5) is 0 Å². The standard InChI is InChI=1S/C13H20O3S/c1-2-3-4-5-6-14-7-11-8-15-12-9-17-10-13(12)16-11/h9-11H,2-8H2,1H3. The molecule has 1 aliphatic rings. The lowest BCUT2D eigenvalue weighted by molar-refractivity contribution is 0.00844. The maximum Gasteiger partial charge on any atom is 0.172 e. The van der Waals surface area contributed by atoms with E-state index in [0.29, 0.717) is 13.2 Å². The summed E-state index contributed by atoms with van der Waals surface area (Å²) in [6, 6.07) is 0. The van der Waals surface area contributed by atoms with Gasteiger partial charge in [-0.15, -0.1) is 11.3 Å². The van der Waals surface area contributed by atoms with Crippen LogP contribution in [0.15, 0.2) is 10.8 Å². The average Bonchev–Trinajstić information content (AvgIpc) is 2.81.